The van der Waals surface area contributed by atoms with E-state index in [0.29, 0.717) is 17.5 Å². The number of benzene rings is 9. The molecule has 5 heteroatoms. The molecule has 5 nitrogen and oxygen atoms in total. The van der Waals surface area contributed by atoms with Crippen LogP contribution in [0.5, 0.6) is 0 Å². The lowest BCUT2D eigenvalue weighted by Gasteiger charge is -2.42. The first kappa shape index (κ1) is 38.6. The van der Waals surface area contributed by atoms with Crippen molar-refractivity contribution in [1.82, 2.24) is 24.1 Å². The highest BCUT2D eigenvalue weighted by molar-refractivity contribution is 6.21. The Morgan fingerprint density at radius 3 is 1.45 bits per heavy atom. The summed E-state index contributed by atoms with van der Waals surface area (Å²) in [5, 5.41) is 9.87. The van der Waals surface area contributed by atoms with Crippen LogP contribution in [0.4, 0.5) is 0 Å². The van der Waals surface area contributed by atoms with E-state index in [2.05, 4.69) is 225 Å². The van der Waals surface area contributed by atoms with E-state index in [1.165, 1.54) is 66.3 Å². The van der Waals surface area contributed by atoms with Gasteiger partial charge in [-0.05, 0) is 117 Å². The van der Waals surface area contributed by atoms with Gasteiger partial charge < -0.3 is 9.13 Å². The first-order chi connectivity index (χ1) is 32.2. The maximum Gasteiger partial charge on any atom is 0.164 e. The highest BCUT2D eigenvalue weighted by Crippen LogP contribution is 2.49. The molecule has 316 valence electrons. The van der Waals surface area contributed by atoms with E-state index in [9.17, 15) is 0 Å². The maximum absolute atomic E-state index is 5.35. The predicted octanol–water partition coefficient (Wildman–Crippen LogP) is 15.7. The summed E-state index contributed by atoms with van der Waals surface area (Å²) in [6.45, 7) is 9.67. The number of fused-ring (bicyclic) bond motifs is 10. The van der Waals surface area contributed by atoms with Gasteiger partial charge in [-0.1, -0.05) is 155 Å². The molecule has 1 aliphatic carbocycles. The van der Waals surface area contributed by atoms with Crippen LogP contribution in [0.25, 0.3) is 111 Å². The standard InChI is InChI=1S/C61H47N5/c1-60(2)31-32-61(3,4)51-37-55-49(36-50(51)60)56-46-22-8-7-16-39(46)29-30-54(56)66(55)45-21-14-19-42(35-45)58-62-57(63-59(64-58)43-28-27-38-15-5-6-17-40(38)33-43)41-18-13-20-44(34-41)65-52-25-11-9-23-47(52)48-24-10-12-26-53(48)65/h5-30,33-37H,31-32H2,1-4H3. The molecule has 0 saturated carbocycles. The topological polar surface area (TPSA) is 48.5 Å². The molecule has 9 aromatic carbocycles. The molecule has 12 aromatic rings. The summed E-state index contributed by atoms with van der Waals surface area (Å²) in [5.41, 5.74) is 12.7. The highest BCUT2D eigenvalue weighted by Gasteiger charge is 2.38. The van der Waals surface area contributed by atoms with Crippen LogP contribution in [-0.2, 0) is 10.8 Å². The summed E-state index contributed by atoms with van der Waals surface area (Å²) < 4.78 is 4.82. The first-order valence-electron chi connectivity index (χ1n) is 23.1. The summed E-state index contributed by atoms with van der Waals surface area (Å²) in [6.07, 6.45) is 2.32. The van der Waals surface area contributed by atoms with Gasteiger partial charge in [0.2, 0.25) is 0 Å². The molecule has 0 amide bonds. The van der Waals surface area contributed by atoms with Gasteiger partial charge in [0, 0.05) is 49.6 Å². The summed E-state index contributed by atoms with van der Waals surface area (Å²) in [6, 6.07) is 68.0. The van der Waals surface area contributed by atoms with E-state index in [4.69, 9.17) is 15.0 Å². The fourth-order valence-corrected chi connectivity index (χ4v) is 11.0. The zero-order valence-corrected chi connectivity index (χ0v) is 37.5. The molecule has 0 aliphatic heterocycles. The van der Waals surface area contributed by atoms with E-state index in [1.54, 1.807) is 0 Å². The molecule has 66 heavy (non-hydrogen) atoms. The SMILES string of the molecule is CC1(C)CCC(C)(C)c2cc3c(cc21)c1c2ccccc2ccc1n3-c1cccc(-c2nc(-c3cccc(-n4c5ccccc5c5ccccc54)c3)nc(-c3ccc4ccccc4c3)n2)c1. The number of rotatable bonds is 5. The highest BCUT2D eigenvalue weighted by atomic mass is 15.0. The second kappa shape index (κ2) is 14.3. The Bertz CT molecular complexity index is 3900. The second-order valence-electron chi connectivity index (χ2n) is 19.5. The van der Waals surface area contributed by atoms with Gasteiger partial charge in [0.05, 0.1) is 22.1 Å². The summed E-state index contributed by atoms with van der Waals surface area (Å²) >= 11 is 0. The number of hydrogen-bond donors (Lipinski definition) is 0. The molecule has 0 atom stereocenters. The van der Waals surface area contributed by atoms with E-state index in [0.717, 1.165) is 50.9 Å². The van der Waals surface area contributed by atoms with Crippen molar-refractivity contribution in [3.05, 3.63) is 199 Å². The van der Waals surface area contributed by atoms with Crippen molar-refractivity contribution in [3.63, 3.8) is 0 Å². The fraction of sp³-hybridized carbons (Fsp3) is 0.131. The van der Waals surface area contributed by atoms with E-state index < -0.39 is 0 Å². The Kier molecular flexibility index (Phi) is 8.36. The Hall–Kier alpha value is -7.89. The molecule has 0 N–H and O–H groups in total. The van der Waals surface area contributed by atoms with Crippen LogP contribution in [0.15, 0.2) is 188 Å². The van der Waals surface area contributed by atoms with Gasteiger partial charge >= 0.3 is 0 Å². The summed E-state index contributed by atoms with van der Waals surface area (Å²) in [4.78, 5) is 15.9. The average Bonchev–Trinajstić information content (AvgIpc) is 3.88. The van der Waals surface area contributed by atoms with Crippen LogP contribution in [0.2, 0.25) is 0 Å². The molecule has 0 fully saturated rings. The van der Waals surface area contributed by atoms with Crippen molar-refractivity contribution >= 4 is 65.2 Å². The molecule has 0 saturated heterocycles. The number of para-hydroxylation sites is 2. The minimum Gasteiger partial charge on any atom is -0.309 e. The number of nitrogens with zero attached hydrogens (tertiary/aromatic N) is 5. The minimum atomic E-state index is 0.0591. The van der Waals surface area contributed by atoms with Crippen LogP contribution in [0.3, 0.4) is 0 Å². The largest absolute Gasteiger partial charge is 0.309 e. The lowest BCUT2D eigenvalue weighted by Crippen LogP contribution is -2.33. The Balaban J connectivity index is 1.03. The molecule has 3 heterocycles. The van der Waals surface area contributed by atoms with Crippen molar-refractivity contribution in [2.45, 2.75) is 51.4 Å². The van der Waals surface area contributed by atoms with E-state index in [-0.39, 0.29) is 10.8 Å². The lowest BCUT2D eigenvalue weighted by molar-refractivity contribution is 0.332. The van der Waals surface area contributed by atoms with Gasteiger partial charge in [-0.25, -0.2) is 15.0 Å². The van der Waals surface area contributed by atoms with Crippen LogP contribution in [-0.4, -0.2) is 24.1 Å². The lowest BCUT2D eigenvalue weighted by atomic mass is 9.63. The number of hydrogen-bond acceptors (Lipinski definition) is 3. The van der Waals surface area contributed by atoms with Gasteiger partial charge in [-0.2, -0.15) is 0 Å². The third-order valence-corrected chi connectivity index (χ3v) is 14.6. The Morgan fingerprint density at radius 1 is 0.348 bits per heavy atom. The monoisotopic (exact) mass is 849 g/mol. The van der Waals surface area contributed by atoms with Crippen molar-refractivity contribution in [2.24, 2.45) is 0 Å². The van der Waals surface area contributed by atoms with Gasteiger partial charge in [0.25, 0.3) is 0 Å². The van der Waals surface area contributed by atoms with Crippen molar-refractivity contribution in [3.8, 4) is 45.5 Å². The van der Waals surface area contributed by atoms with E-state index >= 15 is 0 Å². The second-order valence-corrected chi connectivity index (χ2v) is 19.5. The molecule has 0 bridgehead atoms. The molecule has 0 radical (unpaired) electrons. The van der Waals surface area contributed by atoms with E-state index in [1.807, 2.05) is 0 Å². The van der Waals surface area contributed by atoms with Gasteiger partial charge in [0.1, 0.15) is 0 Å². The van der Waals surface area contributed by atoms with Crippen molar-refractivity contribution in [2.75, 3.05) is 0 Å². The van der Waals surface area contributed by atoms with Gasteiger partial charge in [0.15, 0.2) is 17.5 Å². The predicted molar refractivity (Wildman–Crippen MR) is 275 cm³/mol. The molecule has 13 rings (SSSR count). The van der Waals surface area contributed by atoms with Crippen molar-refractivity contribution < 1.29 is 0 Å². The maximum atomic E-state index is 5.35. The first-order valence-corrected chi connectivity index (χ1v) is 23.1. The Morgan fingerprint density at radius 2 is 0.833 bits per heavy atom. The zero-order valence-electron chi connectivity index (χ0n) is 37.5. The molecule has 0 unspecified atom stereocenters. The molecular formula is C61H47N5. The molecule has 1 aliphatic rings. The third-order valence-electron chi connectivity index (χ3n) is 14.6. The zero-order chi connectivity index (χ0) is 44.3. The third kappa shape index (κ3) is 5.96. The minimum absolute atomic E-state index is 0.0591. The van der Waals surface area contributed by atoms with Gasteiger partial charge in [-0.15, -0.1) is 0 Å². The normalized spacial score (nSPS) is 14.5. The van der Waals surface area contributed by atoms with Crippen LogP contribution >= 0.6 is 0 Å². The quantitative estimate of drug-likeness (QED) is 0.173. The summed E-state index contributed by atoms with van der Waals surface area (Å²) in [7, 11) is 0. The molecule has 3 aromatic heterocycles. The smallest absolute Gasteiger partial charge is 0.164 e. The van der Waals surface area contributed by atoms with Gasteiger partial charge in [-0.3, -0.25) is 0 Å². The molecule has 0 spiro atoms. The fourth-order valence-electron chi connectivity index (χ4n) is 11.0. The van der Waals surface area contributed by atoms with Crippen LogP contribution < -0.4 is 0 Å². The number of aromatic nitrogens is 5. The van der Waals surface area contributed by atoms with Crippen LogP contribution in [0, 0.1) is 0 Å². The van der Waals surface area contributed by atoms with Crippen molar-refractivity contribution in [1.29, 1.82) is 0 Å². The average molecular weight is 850 g/mol. The summed E-state index contributed by atoms with van der Waals surface area (Å²) in [5.74, 6) is 1.88. The molecular weight excluding hydrogens is 803 g/mol. The Labute approximate surface area is 383 Å². The van der Waals surface area contributed by atoms with Crippen LogP contribution in [0.1, 0.15) is 51.7 Å².